The third-order valence-electron chi connectivity index (χ3n) is 7.68. The average Bonchev–Trinajstić information content (AvgIpc) is 3.33. The quantitative estimate of drug-likeness (QED) is 0.630. The summed E-state index contributed by atoms with van der Waals surface area (Å²) in [5.41, 5.74) is 4.24. The van der Waals surface area contributed by atoms with Crippen LogP contribution in [-0.4, -0.2) is 78.3 Å². The van der Waals surface area contributed by atoms with Crippen LogP contribution < -0.4 is 16.1 Å². The van der Waals surface area contributed by atoms with Crippen molar-refractivity contribution in [1.29, 1.82) is 0 Å². The maximum atomic E-state index is 14.6. The van der Waals surface area contributed by atoms with Crippen LogP contribution in [0.2, 0.25) is 0 Å². The molecule has 7 nitrogen and oxygen atoms in total. The maximum Gasteiger partial charge on any atom is 0.140 e. The topological polar surface area (TPSA) is 64.2 Å². The second-order valence-corrected chi connectivity index (χ2v) is 10.2. The van der Waals surface area contributed by atoms with Gasteiger partial charge in [-0.05, 0) is 40.0 Å². The number of hydrogen-bond acceptors (Lipinski definition) is 7. The largest absolute Gasteiger partial charge is 0.489 e. The fourth-order valence-electron chi connectivity index (χ4n) is 5.36. The first-order valence-corrected chi connectivity index (χ1v) is 11.8. The molecule has 0 amide bonds. The molecule has 5 rings (SSSR count). The van der Waals surface area contributed by atoms with Crippen LogP contribution in [-0.2, 0) is 4.74 Å². The standard InChI is InChI=1S/C22H37FN6O/c1-14(2)28-6-8-29(9-7-28)20-12-18(24-13-25-20)21-15-10-19(30-22(3)4-5-22)16(23)11-17(15)26-27-21/h14-15,17-18,20,24-26H,4-13H2,1-3H3/t15-,17+,18+,20+/m0/s1. The summed E-state index contributed by atoms with van der Waals surface area (Å²) < 4.78 is 20.7. The molecule has 5 aliphatic rings. The fourth-order valence-corrected chi connectivity index (χ4v) is 5.36. The van der Waals surface area contributed by atoms with E-state index >= 15 is 0 Å². The summed E-state index contributed by atoms with van der Waals surface area (Å²) in [6.45, 7) is 11.9. The highest BCUT2D eigenvalue weighted by molar-refractivity contribution is 5.94. The first-order chi connectivity index (χ1) is 14.4. The molecule has 0 aromatic carbocycles. The van der Waals surface area contributed by atoms with Gasteiger partial charge in [0.2, 0.25) is 0 Å². The number of ether oxygens (including phenoxy) is 1. The number of hydrazone groups is 1. The predicted octanol–water partition coefficient (Wildman–Crippen LogP) is 1.74. The highest BCUT2D eigenvalue weighted by Gasteiger charge is 2.46. The minimum absolute atomic E-state index is 0.0593. The van der Waals surface area contributed by atoms with Crippen molar-refractivity contribution in [2.24, 2.45) is 11.0 Å². The number of halogens is 1. The van der Waals surface area contributed by atoms with Gasteiger partial charge in [-0.15, -0.1) is 0 Å². The zero-order chi connectivity index (χ0) is 20.9. The van der Waals surface area contributed by atoms with E-state index in [-0.39, 0.29) is 29.4 Å². The lowest BCUT2D eigenvalue weighted by atomic mass is 9.81. The monoisotopic (exact) mass is 420 g/mol. The number of allylic oxidation sites excluding steroid dienone is 1. The minimum atomic E-state index is -0.140. The Morgan fingerprint density at radius 3 is 2.60 bits per heavy atom. The molecule has 1 saturated carbocycles. The summed E-state index contributed by atoms with van der Waals surface area (Å²) in [5.74, 6) is 0.700. The Hall–Kier alpha value is -1.22. The summed E-state index contributed by atoms with van der Waals surface area (Å²) >= 11 is 0. The first kappa shape index (κ1) is 20.7. The highest BCUT2D eigenvalue weighted by atomic mass is 19.1. The van der Waals surface area contributed by atoms with Crippen molar-refractivity contribution in [3.63, 3.8) is 0 Å². The normalized spacial score (nSPS) is 37.0. The van der Waals surface area contributed by atoms with Gasteiger partial charge in [0.15, 0.2) is 0 Å². The Morgan fingerprint density at radius 2 is 1.90 bits per heavy atom. The van der Waals surface area contributed by atoms with E-state index in [1.165, 1.54) is 0 Å². The summed E-state index contributed by atoms with van der Waals surface area (Å²) in [5, 5.41) is 11.9. The molecule has 3 heterocycles. The zero-order valence-electron chi connectivity index (χ0n) is 18.6. The van der Waals surface area contributed by atoms with Gasteiger partial charge in [0.05, 0.1) is 24.0 Å². The van der Waals surface area contributed by atoms with Gasteiger partial charge in [0.1, 0.15) is 17.2 Å². The number of hydrogen-bond donors (Lipinski definition) is 3. The number of piperazine rings is 1. The van der Waals surface area contributed by atoms with Crippen molar-refractivity contribution in [3.8, 4) is 0 Å². The van der Waals surface area contributed by atoms with Crippen molar-refractivity contribution >= 4 is 5.71 Å². The van der Waals surface area contributed by atoms with Crippen molar-refractivity contribution in [3.05, 3.63) is 11.6 Å². The molecule has 4 atom stereocenters. The lowest BCUT2D eigenvalue weighted by molar-refractivity contribution is 0.0512. The maximum absolute atomic E-state index is 14.6. The molecule has 0 aromatic rings. The van der Waals surface area contributed by atoms with Crippen LogP contribution in [0.5, 0.6) is 0 Å². The molecular weight excluding hydrogens is 383 g/mol. The van der Waals surface area contributed by atoms with E-state index in [0.29, 0.717) is 30.8 Å². The van der Waals surface area contributed by atoms with E-state index < -0.39 is 0 Å². The fraction of sp³-hybridized carbons (Fsp3) is 0.864. The Balaban J connectivity index is 1.21. The number of nitrogens with zero attached hydrogens (tertiary/aromatic N) is 3. The average molecular weight is 421 g/mol. The van der Waals surface area contributed by atoms with E-state index in [4.69, 9.17) is 9.84 Å². The van der Waals surface area contributed by atoms with Crippen molar-refractivity contribution < 1.29 is 9.13 Å². The van der Waals surface area contributed by atoms with Gasteiger partial charge in [0.25, 0.3) is 0 Å². The van der Waals surface area contributed by atoms with Gasteiger partial charge in [-0.2, -0.15) is 5.10 Å². The second kappa shape index (κ2) is 8.04. The summed E-state index contributed by atoms with van der Waals surface area (Å²) in [4.78, 5) is 5.13. The third-order valence-corrected chi connectivity index (χ3v) is 7.68. The zero-order valence-corrected chi connectivity index (χ0v) is 18.6. The number of fused-ring (bicyclic) bond motifs is 1. The first-order valence-electron chi connectivity index (χ1n) is 11.8. The molecule has 0 aromatic heterocycles. The van der Waals surface area contributed by atoms with Gasteiger partial charge < -0.3 is 10.2 Å². The van der Waals surface area contributed by atoms with Crippen molar-refractivity contribution in [2.45, 2.75) is 82.8 Å². The van der Waals surface area contributed by atoms with E-state index in [1.807, 2.05) is 0 Å². The van der Waals surface area contributed by atoms with E-state index in [9.17, 15) is 4.39 Å². The van der Waals surface area contributed by atoms with Crippen LogP contribution in [0.15, 0.2) is 16.7 Å². The van der Waals surface area contributed by atoms with Crippen LogP contribution in [0, 0.1) is 5.92 Å². The van der Waals surface area contributed by atoms with Crippen LogP contribution >= 0.6 is 0 Å². The molecule has 0 unspecified atom stereocenters. The van der Waals surface area contributed by atoms with Gasteiger partial charge in [0, 0.05) is 57.6 Å². The van der Waals surface area contributed by atoms with Crippen molar-refractivity contribution in [2.75, 3.05) is 32.8 Å². The summed E-state index contributed by atoms with van der Waals surface area (Å²) in [6, 6.07) is 0.899. The highest BCUT2D eigenvalue weighted by Crippen LogP contribution is 2.45. The van der Waals surface area contributed by atoms with Crippen LogP contribution in [0.3, 0.4) is 0 Å². The SMILES string of the molecule is CC(C)N1CCN([C@@H]2C[C@H](C3=NN[C@@H]4CC(F)=C(OC5(C)CC5)C[C@H]34)NCN2)CC1. The molecule has 3 N–H and O–H groups in total. The number of rotatable bonds is 5. The Morgan fingerprint density at radius 1 is 1.13 bits per heavy atom. The van der Waals surface area contributed by atoms with Gasteiger partial charge in [-0.3, -0.25) is 20.4 Å². The molecule has 2 saturated heterocycles. The Labute approximate surface area is 179 Å². The van der Waals surface area contributed by atoms with E-state index in [1.54, 1.807) is 0 Å². The van der Waals surface area contributed by atoms with Gasteiger partial charge in [-0.1, -0.05) is 0 Å². The summed E-state index contributed by atoms with van der Waals surface area (Å²) in [7, 11) is 0. The third kappa shape index (κ3) is 4.11. The molecule has 3 aliphatic heterocycles. The lowest BCUT2D eigenvalue weighted by Gasteiger charge is -2.44. The van der Waals surface area contributed by atoms with Crippen LogP contribution in [0.1, 0.15) is 52.9 Å². The second-order valence-electron chi connectivity index (χ2n) is 10.2. The number of nitrogens with one attached hydrogen (secondary N) is 3. The van der Waals surface area contributed by atoms with Crippen LogP contribution in [0.4, 0.5) is 4.39 Å². The molecule has 8 heteroatoms. The molecule has 168 valence electrons. The smallest absolute Gasteiger partial charge is 0.140 e. The lowest BCUT2D eigenvalue weighted by Crippen LogP contribution is -2.63. The molecule has 2 aliphatic carbocycles. The Kier molecular flexibility index (Phi) is 5.54. The molecular formula is C22H37FN6O. The molecule has 3 fully saturated rings. The van der Waals surface area contributed by atoms with E-state index in [2.05, 4.69) is 46.6 Å². The molecule has 30 heavy (non-hydrogen) atoms. The van der Waals surface area contributed by atoms with Crippen LogP contribution in [0.25, 0.3) is 0 Å². The van der Waals surface area contributed by atoms with Gasteiger partial charge in [-0.25, -0.2) is 4.39 Å². The van der Waals surface area contributed by atoms with Gasteiger partial charge >= 0.3 is 0 Å². The molecule has 0 radical (unpaired) electrons. The van der Waals surface area contributed by atoms with Crippen molar-refractivity contribution in [1.82, 2.24) is 25.9 Å². The molecule has 0 bridgehead atoms. The Bertz CT molecular complexity index is 712. The predicted molar refractivity (Wildman–Crippen MR) is 116 cm³/mol. The van der Waals surface area contributed by atoms with E-state index in [0.717, 1.165) is 57.8 Å². The minimum Gasteiger partial charge on any atom is -0.489 e. The summed E-state index contributed by atoms with van der Waals surface area (Å²) in [6.07, 6.45) is 4.42. The molecule has 0 spiro atoms.